The van der Waals surface area contributed by atoms with Gasteiger partial charge in [0, 0.05) is 18.5 Å². The van der Waals surface area contributed by atoms with Crippen molar-refractivity contribution in [1.82, 2.24) is 9.97 Å². The van der Waals surface area contributed by atoms with E-state index in [4.69, 9.17) is 9.47 Å². The molecule has 1 aromatic heterocycles. The molecule has 2 rings (SSSR count). The molecule has 0 amide bonds. The smallest absolute Gasteiger partial charge is 0.145 e. The van der Waals surface area contributed by atoms with Gasteiger partial charge in [0.1, 0.15) is 11.5 Å². The molecule has 1 N–H and O–H groups in total. The first-order valence-electron chi connectivity index (χ1n) is 6.41. The predicted octanol–water partition coefficient (Wildman–Crippen LogP) is 2.98. The number of rotatable bonds is 5. The Labute approximate surface area is 119 Å². The molecule has 5 heteroatoms. The summed E-state index contributed by atoms with van der Waals surface area (Å²) in [4.78, 5) is 8.63. The van der Waals surface area contributed by atoms with Gasteiger partial charge in [0.05, 0.1) is 37.3 Å². The number of nitrogens with one attached hydrogen (secondary N) is 1. The largest absolute Gasteiger partial charge is 0.497 e. The number of hydrogen-bond acceptors (Lipinski definition) is 5. The summed E-state index contributed by atoms with van der Waals surface area (Å²) in [7, 11) is 3.27. The van der Waals surface area contributed by atoms with Crippen LogP contribution in [-0.4, -0.2) is 24.2 Å². The van der Waals surface area contributed by atoms with Gasteiger partial charge in [-0.15, -0.1) is 0 Å². The Morgan fingerprint density at radius 3 is 2.50 bits per heavy atom. The van der Waals surface area contributed by atoms with Gasteiger partial charge in [0.2, 0.25) is 0 Å². The van der Waals surface area contributed by atoms with Crippen molar-refractivity contribution >= 4 is 5.69 Å². The molecule has 1 aromatic carbocycles. The van der Waals surface area contributed by atoms with Gasteiger partial charge in [-0.05, 0) is 26.0 Å². The molecule has 0 aliphatic rings. The number of hydrogen-bond donors (Lipinski definition) is 1. The number of benzene rings is 1. The molecular formula is C15H19N3O2. The summed E-state index contributed by atoms with van der Waals surface area (Å²) in [5, 5.41) is 3.39. The van der Waals surface area contributed by atoms with E-state index < -0.39 is 0 Å². The van der Waals surface area contributed by atoms with E-state index in [2.05, 4.69) is 15.3 Å². The molecule has 1 heterocycles. The lowest BCUT2D eigenvalue weighted by Gasteiger charge is -2.18. The van der Waals surface area contributed by atoms with Gasteiger partial charge in [-0.25, -0.2) is 0 Å². The van der Waals surface area contributed by atoms with Crippen LogP contribution in [0, 0.1) is 6.92 Å². The third-order valence-electron chi connectivity index (χ3n) is 3.11. The van der Waals surface area contributed by atoms with Gasteiger partial charge in [0.15, 0.2) is 0 Å². The fraction of sp³-hybridized carbons (Fsp3) is 0.333. The highest BCUT2D eigenvalue weighted by Crippen LogP contribution is 2.31. The molecular weight excluding hydrogens is 254 g/mol. The Bertz CT molecular complexity index is 587. The summed E-state index contributed by atoms with van der Waals surface area (Å²) in [6.07, 6.45) is 3.39. The second-order valence-electron chi connectivity index (χ2n) is 4.46. The fourth-order valence-electron chi connectivity index (χ4n) is 2.06. The van der Waals surface area contributed by atoms with Crippen LogP contribution in [0.5, 0.6) is 11.5 Å². The molecule has 0 spiro atoms. The van der Waals surface area contributed by atoms with Crippen LogP contribution in [0.25, 0.3) is 0 Å². The van der Waals surface area contributed by atoms with Crippen LogP contribution >= 0.6 is 0 Å². The van der Waals surface area contributed by atoms with E-state index in [9.17, 15) is 0 Å². The summed E-state index contributed by atoms with van der Waals surface area (Å²) >= 11 is 0. The maximum absolute atomic E-state index is 5.38. The van der Waals surface area contributed by atoms with Gasteiger partial charge in [-0.2, -0.15) is 0 Å². The number of ether oxygens (including phenoxy) is 2. The fourth-order valence-corrected chi connectivity index (χ4v) is 2.06. The van der Waals surface area contributed by atoms with Gasteiger partial charge in [-0.1, -0.05) is 0 Å². The minimum Gasteiger partial charge on any atom is -0.497 e. The molecule has 0 bridgehead atoms. The summed E-state index contributed by atoms with van der Waals surface area (Å²) in [5.41, 5.74) is 2.73. The number of methoxy groups -OCH3 is 2. The molecule has 0 aliphatic carbocycles. The second-order valence-corrected chi connectivity index (χ2v) is 4.46. The van der Waals surface area contributed by atoms with Crippen molar-refractivity contribution in [3.05, 3.63) is 42.0 Å². The van der Waals surface area contributed by atoms with Gasteiger partial charge in [0.25, 0.3) is 0 Å². The van der Waals surface area contributed by atoms with Crippen LogP contribution in [0.2, 0.25) is 0 Å². The third-order valence-corrected chi connectivity index (χ3v) is 3.11. The number of aromatic nitrogens is 2. The van der Waals surface area contributed by atoms with Crippen molar-refractivity contribution in [3.63, 3.8) is 0 Å². The van der Waals surface area contributed by atoms with E-state index in [-0.39, 0.29) is 6.04 Å². The molecule has 5 nitrogen and oxygen atoms in total. The lowest BCUT2D eigenvalue weighted by molar-refractivity contribution is 0.395. The Kier molecular flexibility index (Phi) is 4.40. The van der Waals surface area contributed by atoms with E-state index in [1.165, 1.54) is 0 Å². The highest BCUT2D eigenvalue weighted by atomic mass is 16.5. The minimum atomic E-state index is 0.0333. The summed E-state index contributed by atoms with van der Waals surface area (Å²) < 4.78 is 10.6. The minimum absolute atomic E-state index is 0.0333. The van der Waals surface area contributed by atoms with Crippen LogP contribution < -0.4 is 14.8 Å². The average molecular weight is 273 g/mol. The number of anilines is 1. The highest BCUT2D eigenvalue weighted by Gasteiger charge is 2.13. The monoisotopic (exact) mass is 273 g/mol. The third kappa shape index (κ3) is 2.99. The molecule has 106 valence electrons. The first-order chi connectivity index (χ1) is 9.65. The van der Waals surface area contributed by atoms with E-state index in [1.807, 2.05) is 32.0 Å². The van der Waals surface area contributed by atoms with Crippen molar-refractivity contribution in [2.45, 2.75) is 19.9 Å². The Balaban J connectivity index is 2.23. The Morgan fingerprint density at radius 2 is 1.85 bits per heavy atom. The first-order valence-corrected chi connectivity index (χ1v) is 6.41. The van der Waals surface area contributed by atoms with Gasteiger partial charge in [-0.3, -0.25) is 9.97 Å². The van der Waals surface area contributed by atoms with E-state index in [0.717, 1.165) is 28.6 Å². The molecule has 1 atom stereocenters. The zero-order chi connectivity index (χ0) is 14.5. The van der Waals surface area contributed by atoms with Crippen molar-refractivity contribution in [3.8, 4) is 11.5 Å². The maximum atomic E-state index is 5.38. The zero-order valence-corrected chi connectivity index (χ0v) is 12.2. The molecule has 0 fully saturated rings. The van der Waals surface area contributed by atoms with Crippen LogP contribution in [-0.2, 0) is 0 Å². The summed E-state index contributed by atoms with van der Waals surface area (Å²) in [5.74, 6) is 1.49. The van der Waals surface area contributed by atoms with Crippen molar-refractivity contribution in [1.29, 1.82) is 0 Å². The first kappa shape index (κ1) is 14.1. The van der Waals surface area contributed by atoms with Crippen LogP contribution in [0.3, 0.4) is 0 Å². The van der Waals surface area contributed by atoms with Gasteiger partial charge >= 0.3 is 0 Å². The molecule has 0 radical (unpaired) electrons. The van der Waals surface area contributed by atoms with E-state index >= 15 is 0 Å². The maximum Gasteiger partial charge on any atom is 0.145 e. The van der Waals surface area contributed by atoms with E-state index in [1.54, 1.807) is 26.6 Å². The second kappa shape index (κ2) is 6.23. The lowest BCUT2D eigenvalue weighted by atomic mass is 10.1. The van der Waals surface area contributed by atoms with Crippen LogP contribution in [0.1, 0.15) is 24.4 Å². The lowest BCUT2D eigenvalue weighted by Crippen LogP contribution is -2.11. The SMILES string of the molecule is COc1ccc(NC(C)c2nccnc2C)c(OC)c1. The molecule has 0 aliphatic heterocycles. The Morgan fingerprint density at radius 1 is 1.10 bits per heavy atom. The predicted molar refractivity (Wildman–Crippen MR) is 78.4 cm³/mol. The zero-order valence-electron chi connectivity index (χ0n) is 12.2. The van der Waals surface area contributed by atoms with E-state index in [0.29, 0.717) is 0 Å². The van der Waals surface area contributed by atoms with Crippen molar-refractivity contribution in [2.24, 2.45) is 0 Å². The normalized spacial score (nSPS) is 11.8. The van der Waals surface area contributed by atoms with Crippen LogP contribution in [0.15, 0.2) is 30.6 Å². The summed E-state index contributed by atoms with van der Waals surface area (Å²) in [6.45, 7) is 3.99. The molecule has 2 aromatic rings. The number of aryl methyl sites for hydroxylation is 1. The van der Waals surface area contributed by atoms with Gasteiger partial charge < -0.3 is 14.8 Å². The highest BCUT2D eigenvalue weighted by molar-refractivity contribution is 5.60. The summed E-state index contributed by atoms with van der Waals surface area (Å²) in [6, 6.07) is 5.70. The molecule has 0 saturated carbocycles. The molecule has 20 heavy (non-hydrogen) atoms. The topological polar surface area (TPSA) is 56.3 Å². The standard InChI is InChI=1S/C15H19N3O2/c1-10-15(17-8-7-16-10)11(2)18-13-6-5-12(19-3)9-14(13)20-4/h5-9,11,18H,1-4H3. The van der Waals surface area contributed by atoms with Crippen LogP contribution in [0.4, 0.5) is 5.69 Å². The quantitative estimate of drug-likeness (QED) is 0.907. The molecule has 0 saturated heterocycles. The van der Waals surface area contributed by atoms with Crippen molar-refractivity contribution in [2.75, 3.05) is 19.5 Å². The number of nitrogens with zero attached hydrogens (tertiary/aromatic N) is 2. The molecule has 1 unspecified atom stereocenters. The van der Waals surface area contributed by atoms with Crippen molar-refractivity contribution < 1.29 is 9.47 Å². The Hall–Kier alpha value is -2.30. The average Bonchev–Trinajstić information content (AvgIpc) is 2.48.